The Labute approximate surface area is 80.2 Å². The highest BCUT2D eigenvalue weighted by atomic mass is 16.5. The molecule has 0 N–H and O–H groups in total. The number of hydrogen-bond acceptors (Lipinski definition) is 1. The second-order valence-corrected chi connectivity index (χ2v) is 3.13. The summed E-state index contributed by atoms with van der Waals surface area (Å²) >= 11 is 0. The first-order valence-electron chi connectivity index (χ1n) is 4.95. The highest BCUT2D eigenvalue weighted by molar-refractivity contribution is 4.83. The molecule has 0 spiro atoms. The number of aromatic nitrogens is 1. The summed E-state index contributed by atoms with van der Waals surface area (Å²) in [5, 5.41) is 0. The van der Waals surface area contributed by atoms with Crippen molar-refractivity contribution in [3.8, 4) is 0 Å². The van der Waals surface area contributed by atoms with Crippen LogP contribution in [-0.2, 0) is 11.5 Å². The van der Waals surface area contributed by atoms with Gasteiger partial charge in [-0.2, -0.15) is 4.57 Å². The van der Waals surface area contributed by atoms with Crippen LogP contribution in [0.1, 0.15) is 26.2 Å². The molecule has 0 aliphatic heterocycles. The SMILES string of the molecule is CCCCCOC[n+]1ccccc1. The molecule has 2 heteroatoms. The Morgan fingerprint density at radius 2 is 1.85 bits per heavy atom. The fourth-order valence-corrected chi connectivity index (χ4v) is 1.14. The Morgan fingerprint density at radius 3 is 2.54 bits per heavy atom. The third-order valence-electron chi connectivity index (χ3n) is 1.91. The van der Waals surface area contributed by atoms with Gasteiger partial charge in [0.25, 0.3) is 6.73 Å². The minimum absolute atomic E-state index is 0.671. The molecule has 72 valence electrons. The zero-order valence-corrected chi connectivity index (χ0v) is 8.28. The highest BCUT2D eigenvalue weighted by Crippen LogP contribution is 1.93. The van der Waals surface area contributed by atoms with Crippen LogP contribution in [-0.4, -0.2) is 6.61 Å². The molecule has 0 unspecified atom stereocenters. The van der Waals surface area contributed by atoms with Crippen molar-refractivity contribution >= 4 is 0 Å². The lowest BCUT2D eigenvalue weighted by Crippen LogP contribution is -2.33. The van der Waals surface area contributed by atoms with Crippen LogP contribution < -0.4 is 4.57 Å². The van der Waals surface area contributed by atoms with Gasteiger partial charge in [0.15, 0.2) is 12.4 Å². The second kappa shape index (κ2) is 6.61. The Kier molecular flexibility index (Phi) is 5.18. The van der Waals surface area contributed by atoms with Gasteiger partial charge in [-0.25, -0.2) is 0 Å². The Morgan fingerprint density at radius 1 is 1.08 bits per heavy atom. The molecule has 0 aliphatic rings. The maximum absolute atomic E-state index is 5.48. The maximum atomic E-state index is 5.48. The fourth-order valence-electron chi connectivity index (χ4n) is 1.14. The third-order valence-corrected chi connectivity index (χ3v) is 1.91. The van der Waals surface area contributed by atoms with Gasteiger partial charge in [-0.1, -0.05) is 25.8 Å². The Balaban J connectivity index is 2.07. The second-order valence-electron chi connectivity index (χ2n) is 3.13. The lowest BCUT2D eigenvalue weighted by atomic mass is 10.3. The molecular formula is C11H18NO+. The molecule has 0 aromatic carbocycles. The van der Waals surface area contributed by atoms with E-state index in [9.17, 15) is 0 Å². The molecule has 0 saturated carbocycles. The molecule has 0 amide bonds. The van der Waals surface area contributed by atoms with E-state index in [2.05, 4.69) is 6.92 Å². The van der Waals surface area contributed by atoms with E-state index in [0.717, 1.165) is 6.61 Å². The molecule has 0 radical (unpaired) electrons. The predicted molar refractivity (Wildman–Crippen MR) is 52.1 cm³/mol. The summed E-state index contributed by atoms with van der Waals surface area (Å²) in [4.78, 5) is 0. The van der Waals surface area contributed by atoms with Gasteiger partial charge in [-0.3, -0.25) is 0 Å². The van der Waals surface area contributed by atoms with Crippen molar-refractivity contribution in [2.75, 3.05) is 6.61 Å². The molecule has 1 rings (SSSR count). The average molecular weight is 180 g/mol. The van der Waals surface area contributed by atoms with Crippen molar-refractivity contribution in [3.05, 3.63) is 30.6 Å². The number of unbranched alkanes of at least 4 members (excludes halogenated alkanes) is 2. The Hall–Kier alpha value is -0.890. The van der Waals surface area contributed by atoms with Crippen molar-refractivity contribution in [1.29, 1.82) is 0 Å². The van der Waals surface area contributed by atoms with E-state index < -0.39 is 0 Å². The van der Waals surface area contributed by atoms with Gasteiger partial charge in [-0.05, 0) is 6.42 Å². The zero-order chi connectivity index (χ0) is 9.36. The minimum atomic E-state index is 0.671. The van der Waals surface area contributed by atoms with E-state index in [1.807, 2.05) is 35.2 Å². The first-order valence-corrected chi connectivity index (χ1v) is 4.95. The van der Waals surface area contributed by atoms with Crippen LogP contribution in [0.3, 0.4) is 0 Å². The number of hydrogen-bond donors (Lipinski definition) is 0. The molecule has 0 saturated heterocycles. The first-order chi connectivity index (χ1) is 6.43. The van der Waals surface area contributed by atoms with Crippen LogP contribution in [0.15, 0.2) is 30.6 Å². The van der Waals surface area contributed by atoms with Gasteiger partial charge >= 0.3 is 0 Å². The molecule has 0 bridgehead atoms. The van der Waals surface area contributed by atoms with Crippen LogP contribution in [0.5, 0.6) is 0 Å². The van der Waals surface area contributed by atoms with Crippen LogP contribution in [0.2, 0.25) is 0 Å². The molecule has 2 nitrogen and oxygen atoms in total. The molecule has 13 heavy (non-hydrogen) atoms. The number of rotatable bonds is 6. The van der Waals surface area contributed by atoms with E-state index >= 15 is 0 Å². The molecular weight excluding hydrogens is 162 g/mol. The summed E-state index contributed by atoms with van der Waals surface area (Å²) in [6.07, 6.45) is 7.71. The van der Waals surface area contributed by atoms with Gasteiger partial charge < -0.3 is 4.74 Å². The maximum Gasteiger partial charge on any atom is 0.252 e. The molecule has 1 aromatic rings. The van der Waals surface area contributed by atoms with Gasteiger partial charge in [0.05, 0.1) is 6.61 Å². The number of ether oxygens (including phenoxy) is 1. The van der Waals surface area contributed by atoms with Crippen molar-refractivity contribution in [3.63, 3.8) is 0 Å². The van der Waals surface area contributed by atoms with E-state index in [1.54, 1.807) is 0 Å². The molecule has 1 aromatic heterocycles. The standard InChI is InChI=1S/C11H18NO/c1-2-3-7-10-13-11-12-8-5-4-6-9-12/h4-6,8-9H,2-3,7,10-11H2,1H3/q+1. The van der Waals surface area contributed by atoms with Gasteiger partial charge in [0.1, 0.15) is 0 Å². The van der Waals surface area contributed by atoms with E-state index in [4.69, 9.17) is 4.74 Å². The topological polar surface area (TPSA) is 13.1 Å². The highest BCUT2D eigenvalue weighted by Gasteiger charge is 1.95. The average Bonchev–Trinajstić information content (AvgIpc) is 2.19. The number of nitrogens with zero attached hydrogens (tertiary/aromatic N) is 1. The molecule has 0 fully saturated rings. The van der Waals surface area contributed by atoms with Crippen LogP contribution in [0.25, 0.3) is 0 Å². The lowest BCUT2D eigenvalue weighted by Gasteiger charge is -1.99. The quantitative estimate of drug-likeness (QED) is 0.483. The van der Waals surface area contributed by atoms with Crippen molar-refractivity contribution in [2.45, 2.75) is 32.9 Å². The Bertz CT molecular complexity index is 211. The van der Waals surface area contributed by atoms with Crippen molar-refractivity contribution in [2.24, 2.45) is 0 Å². The summed E-state index contributed by atoms with van der Waals surface area (Å²) in [5.74, 6) is 0. The lowest BCUT2D eigenvalue weighted by molar-refractivity contribution is -0.732. The van der Waals surface area contributed by atoms with Gasteiger partial charge in [0, 0.05) is 12.1 Å². The fraction of sp³-hybridized carbons (Fsp3) is 0.545. The van der Waals surface area contributed by atoms with E-state index in [0.29, 0.717) is 6.73 Å². The van der Waals surface area contributed by atoms with Crippen LogP contribution in [0.4, 0.5) is 0 Å². The largest absolute Gasteiger partial charge is 0.323 e. The monoisotopic (exact) mass is 180 g/mol. The summed E-state index contributed by atoms with van der Waals surface area (Å²) in [7, 11) is 0. The van der Waals surface area contributed by atoms with Crippen molar-refractivity contribution in [1.82, 2.24) is 0 Å². The molecule has 1 heterocycles. The van der Waals surface area contributed by atoms with Crippen LogP contribution >= 0.6 is 0 Å². The minimum Gasteiger partial charge on any atom is -0.323 e. The molecule has 0 aliphatic carbocycles. The van der Waals surface area contributed by atoms with Crippen LogP contribution in [0, 0.1) is 0 Å². The zero-order valence-electron chi connectivity index (χ0n) is 8.28. The molecule has 0 atom stereocenters. The summed E-state index contributed by atoms with van der Waals surface area (Å²) in [6.45, 7) is 3.74. The summed E-state index contributed by atoms with van der Waals surface area (Å²) in [6, 6.07) is 6.03. The smallest absolute Gasteiger partial charge is 0.252 e. The van der Waals surface area contributed by atoms with Crippen molar-refractivity contribution < 1.29 is 9.30 Å². The van der Waals surface area contributed by atoms with E-state index in [1.165, 1.54) is 19.3 Å². The first kappa shape index (κ1) is 10.2. The van der Waals surface area contributed by atoms with Gasteiger partial charge in [-0.15, -0.1) is 0 Å². The third kappa shape index (κ3) is 4.63. The van der Waals surface area contributed by atoms with Gasteiger partial charge in [0.2, 0.25) is 0 Å². The normalized spacial score (nSPS) is 10.2. The summed E-state index contributed by atoms with van der Waals surface area (Å²) in [5.41, 5.74) is 0. The summed E-state index contributed by atoms with van der Waals surface area (Å²) < 4.78 is 7.52. The number of pyridine rings is 1. The predicted octanol–water partition coefficient (Wildman–Crippen LogP) is 2.14. The van der Waals surface area contributed by atoms with E-state index in [-0.39, 0.29) is 0 Å².